The molecule has 0 saturated carbocycles. The fourth-order valence-electron chi connectivity index (χ4n) is 4.11. The molecule has 1 N–H and O–H groups in total. The van der Waals surface area contributed by atoms with Gasteiger partial charge in [-0.25, -0.2) is 4.79 Å². The number of esters is 1. The summed E-state index contributed by atoms with van der Waals surface area (Å²) in [5.41, 5.74) is 4.73. The van der Waals surface area contributed by atoms with Crippen LogP contribution in [0.25, 0.3) is 11.1 Å². The van der Waals surface area contributed by atoms with Gasteiger partial charge in [-0.15, -0.1) is 0 Å². The highest BCUT2D eigenvalue weighted by Crippen LogP contribution is 2.25. The molecule has 0 aliphatic carbocycles. The Morgan fingerprint density at radius 3 is 1.66 bits per heavy atom. The van der Waals surface area contributed by atoms with E-state index in [1.54, 1.807) is 12.1 Å². The standard InChI is InChI=1S/C31H41NO5Si/c1-23(2)35-38(36-24(3)4,37-25(5)6)22-10-21-34-31(33)28-15-19-30(20-16-28)32-29-17-13-27(14-18-29)26-11-8-7-9-12-26/h7-9,11-20,23-25,32H,10,21-22H2,1-6H3. The van der Waals surface area contributed by atoms with Crippen molar-refractivity contribution in [1.29, 1.82) is 0 Å². The summed E-state index contributed by atoms with van der Waals surface area (Å²) in [5.74, 6) is -0.352. The third-order valence-corrected chi connectivity index (χ3v) is 8.97. The molecular weight excluding hydrogens is 494 g/mol. The molecule has 0 spiro atoms. The number of ether oxygens (including phenoxy) is 1. The first-order valence-electron chi connectivity index (χ1n) is 13.4. The summed E-state index contributed by atoms with van der Waals surface area (Å²) in [7, 11) is -2.90. The molecule has 0 radical (unpaired) electrons. The molecule has 3 rings (SSSR count). The van der Waals surface area contributed by atoms with Gasteiger partial charge in [-0.1, -0.05) is 42.5 Å². The predicted octanol–water partition coefficient (Wildman–Crippen LogP) is 7.86. The smallest absolute Gasteiger partial charge is 0.462 e. The van der Waals surface area contributed by atoms with E-state index in [1.807, 2.05) is 84.0 Å². The third kappa shape index (κ3) is 9.40. The van der Waals surface area contributed by atoms with Crippen LogP contribution >= 0.6 is 0 Å². The Morgan fingerprint density at radius 1 is 0.684 bits per heavy atom. The Kier molecular flexibility index (Phi) is 11.1. The lowest BCUT2D eigenvalue weighted by atomic mass is 10.1. The molecule has 0 amide bonds. The van der Waals surface area contributed by atoms with Crippen LogP contribution in [-0.2, 0) is 18.0 Å². The zero-order valence-corrected chi connectivity index (χ0v) is 24.4. The van der Waals surface area contributed by atoms with Crippen LogP contribution in [0, 0.1) is 0 Å². The quantitative estimate of drug-likeness (QED) is 0.129. The van der Waals surface area contributed by atoms with Gasteiger partial charge in [0.2, 0.25) is 0 Å². The Hall–Kier alpha value is -2.97. The normalized spacial score (nSPS) is 11.8. The summed E-state index contributed by atoms with van der Waals surface area (Å²) in [6.07, 6.45) is 0.546. The Bertz CT molecular complexity index is 1090. The molecule has 3 aromatic carbocycles. The second-order valence-electron chi connectivity index (χ2n) is 10.1. The fraction of sp³-hybridized carbons (Fsp3) is 0.387. The van der Waals surface area contributed by atoms with E-state index >= 15 is 0 Å². The van der Waals surface area contributed by atoms with E-state index in [0.29, 0.717) is 18.0 Å². The summed E-state index contributed by atoms with van der Waals surface area (Å²) in [5, 5.41) is 3.37. The van der Waals surface area contributed by atoms with Gasteiger partial charge in [-0.05, 0) is 95.5 Å². The van der Waals surface area contributed by atoms with E-state index in [4.69, 9.17) is 18.0 Å². The maximum Gasteiger partial charge on any atom is 0.501 e. The molecule has 0 aliphatic rings. The van der Waals surface area contributed by atoms with Gasteiger partial charge < -0.3 is 23.3 Å². The van der Waals surface area contributed by atoms with Crippen molar-refractivity contribution in [3.05, 3.63) is 84.4 Å². The average Bonchev–Trinajstić information content (AvgIpc) is 2.87. The number of anilines is 2. The van der Waals surface area contributed by atoms with Crippen LogP contribution in [0.15, 0.2) is 78.9 Å². The van der Waals surface area contributed by atoms with Crippen molar-refractivity contribution in [3.8, 4) is 11.1 Å². The molecule has 0 aliphatic heterocycles. The van der Waals surface area contributed by atoms with Crippen LogP contribution in [0.5, 0.6) is 0 Å². The van der Waals surface area contributed by atoms with Crippen LogP contribution in [0.2, 0.25) is 6.04 Å². The van der Waals surface area contributed by atoms with Gasteiger partial charge in [0.05, 0.1) is 12.2 Å². The summed E-state index contributed by atoms with van der Waals surface area (Å²) in [4.78, 5) is 12.6. The number of carbonyl (C=O) groups is 1. The predicted molar refractivity (Wildman–Crippen MR) is 156 cm³/mol. The van der Waals surface area contributed by atoms with Crippen LogP contribution < -0.4 is 5.32 Å². The van der Waals surface area contributed by atoms with E-state index in [1.165, 1.54) is 5.56 Å². The highest BCUT2D eigenvalue weighted by Gasteiger charge is 2.43. The van der Waals surface area contributed by atoms with E-state index in [-0.39, 0.29) is 30.9 Å². The first-order valence-corrected chi connectivity index (χ1v) is 15.3. The van der Waals surface area contributed by atoms with Crippen LogP contribution in [-0.4, -0.2) is 39.7 Å². The SMILES string of the molecule is CC(C)O[Si](CCCOC(=O)c1ccc(Nc2ccc(-c3ccccc3)cc2)cc1)(OC(C)C)OC(C)C. The summed E-state index contributed by atoms with van der Waals surface area (Å²) < 4.78 is 24.1. The maximum atomic E-state index is 12.6. The van der Waals surface area contributed by atoms with Gasteiger partial charge in [0.1, 0.15) is 0 Å². The van der Waals surface area contributed by atoms with E-state index in [0.717, 1.165) is 16.9 Å². The topological polar surface area (TPSA) is 66.0 Å². The number of rotatable bonds is 14. The van der Waals surface area contributed by atoms with Crippen molar-refractivity contribution in [2.24, 2.45) is 0 Å². The highest BCUT2D eigenvalue weighted by atomic mass is 28.4. The first-order chi connectivity index (χ1) is 18.2. The Balaban J connectivity index is 1.52. The van der Waals surface area contributed by atoms with Crippen LogP contribution in [0.3, 0.4) is 0 Å². The number of hydrogen-bond donors (Lipinski definition) is 1. The molecule has 7 heteroatoms. The zero-order valence-electron chi connectivity index (χ0n) is 23.4. The van der Waals surface area contributed by atoms with Crippen molar-refractivity contribution < 1.29 is 22.8 Å². The summed E-state index contributed by atoms with van der Waals surface area (Å²) >= 11 is 0. The minimum Gasteiger partial charge on any atom is -0.462 e. The molecule has 0 heterocycles. The molecular formula is C31H41NO5Si. The fourth-order valence-corrected chi connectivity index (χ4v) is 7.36. The molecule has 0 saturated heterocycles. The molecule has 0 aromatic heterocycles. The highest BCUT2D eigenvalue weighted by molar-refractivity contribution is 6.60. The van der Waals surface area contributed by atoms with E-state index < -0.39 is 8.80 Å². The molecule has 0 bridgehead atoms. The van der Waals surface area contributed by atoms with Gasteiger partial charge in [-0.3, -0.25) is 0 Å². The largest absolute Gasteiger partial charge is 0.501 e. The summed E-state index contributed by atoms with van der Waals surface area (Å²) in [6.45, 7) is 12.1. The molecule has 6 nitrogen and oxygen atoms in total. The second-order valence-corrected chi connectivity index (χ2v) is 12.6. The average molecular weight is 536 g/mol. The van der Waals surface area contributed by atoms with E-state index in [2.05, 4.69) is 29.6 Å². The second kappa shape index (κ2) is 14.3. The van der Waals surface area contributed by atoms with Gasteiger partial charge in [0.15, 0.2) is 0 Å². The Morgan fingerprint density at radius 2 is 1.16 bits per heavy atom. The number of carbonyl (C=O) groups excluding carboxylic acids is 1. The molecule has 0 atom stereocenters. The molecule has 204 valence electrons. The number of hydrogen-bond acceptors (Lipinski definition) is 6. The van der Waals surface area contributed by atoms with Crippen LogP contribution in [0.1, 0.15) is 58.3 Å². The van der Waals surface area contributed by atoms with Crippen molar-refractivity contribution in [2.45, 2.75) is 72.3 Å². The minimum atomic E-state index is -2.90. The Labute approximate surface area is 228 Å². The minimum absolute atomic E-state index is 0.0179. The lowest BCUT2D eigenvalue weighted by Crippen LogP contribution is -2.50. The number of nitrogens with one attached hydrogen (secondary N) is 1. The zero-order chi connectivity index (χ0) is 27.5. The van der Waals surface area contributed by atoms with E-state index in [9.17, 15) is 4.79 Å². The van der Waals surface area contributed by atoms with Crippen molar-refractivity contribution in [3.63, 3.8) is 0 Å². The maximum absolute atomic E-state index is 12.6. The van der Waals surface area contributed by atoms with Crippen molar-refractivity contribution in [1.82, 2.24) is 0 Å². The molecule has 38 heavy (non-hydrogen) atoms. The summed E-state index contributed by atoms with van der Waals surface area (Å²) in [6, 6.07) is 26.4. The molecule has 0 fully saturated rings. The van der Waals surface area contributed by atoms with Gasteiger partial charge in [0.25, 0.3) is 0 Å². The van der Waals surface area contributed by atoms with Gasteiger partial charge >= 0.3 is 14.8 Å². The van der Waals surface area contributed by atoms with Gasteiger partial charge in [0, 0.05) is 35.7 Å². The van der Waals surface area contributed by atoms with Crippen LogP contribution in [0.4, 0.5) is 11.4 Å². The number of benzene rings is 3. The molecule has 3 aromatic rings. The lowest BCUT2D eigenvalue weighted by molar-refractivity contribution is 0.00113. The van der Waals surface area contributed by atoms with Crippen molar-refractivity contribution >= 4 is 26.1 Å². The monoisotopic (exact) mass is 535 g/mol. The van der Waals surface area contributed by atoms with Gasteiger partial charge in [-0.2, -0.15) is 0 Å². The molecule has 0 unspecified atom stereocenters. The first kappa shape index (κ1) is 29.6. The third-order valence-electron chi connectivity index (χ3n) is 5.51. The lowest BCUT2D eigenvalue weighted by Gasteiger charge is -2.34. The van der Waals surface area contributed by atoms with Crippen molar-refractivity contribution in [2.75, 3.05) is 11.9 Å².